The minimum absolute atomic E-state index is 0.0245. The molecule has 128 valence electrons. The van der Waals surface area contributed by atoms with Gasteiger partial charge in [-0.15, -0.1) is 0 Å². The zero-order valence-electron chi connectivity index (χ0n) is 13.5. The second-order valence-electron chi connectivity index (χ2n) is 5.65. The van der Waals surface area contributed by atoms with Crippen molar-refractivity contribution in [2.45, 2.75) is 37.7 Å². The summed E-state index contributed by atoms with van der Waals surface area (Å²) < 4.78 is 13.3. The average Bonchev–Trinajstić information content (AvgIpc) is 2.84. The Morgan fingerprint density at radius 3 is 2.75 bits per heavy atom. The van der Waals surface area contributed by atoms with Gasteiger partial charge in [0.2, 0.25) is 0 Å². The summed E-state index contributed by atoms with van der Waals surface area (Å²) in [5.41, 5.74) is 1.88. The van der Waals surface area contributed by atoms with Crippen LogP contribution >= 0.6 is 0 Å². The number of aliphatic hydroxyl groups excluding tert-OH is 2. The van der Waals surface area contributed by atoms with Gasteiger partial charge in [-0.1, -0.05) is 0 Å². The molecule has 6 heteroatoms. The Hall–Kier alpha value is -1.43. The molecule has 3 rings (SSSR count). The Morgan fingerprint density at radius 1 is 1.25 bits per heavy atom. The molecule has 0 aliphatic carbocycles. The number of benzene rings is 1. The van der Waals surface area contributed by atoms with E-state index in [0.717, 1.165) is 0 Å². The fraction of sp³-hybridized carbons (Fsp3) is 0.389. The number of ether oxygens (including phenoxy) is 2. The molecule has 2 unspecified atom stereocenters. The van der Waals surface area contributed by atoms with Crippen LogP contribution in [-0.4, -0.2) is 42.9 Å². The minimum atomic E-state index is -0.186. The molecule has 0 spiro atoms. The number of aromatic nitrogens is 1. The van der Waals surface area contributed by atoms with Crippen molar-refractivity contribution >= 4 is 19.4 Å². The van der Waals surface area contributed by atoms with Crippen LogP contribution in [-0.2, 0) is 24.6 Å². The molecule has 1 aliphatic rings. The normalized spacial score (nSPS) is 18.4. The topological polar surface area (TPSA) is 71.8 Å². The second-order valence-corrected chi connectivity index (χ2v) is 8.69. The third kappa shape index (κ3) is 3.79. The van der Waals surface area contributed by atoms with E-state index < -0.39 is 0 Å². The van der Waals surface area contributed by atoms with Crippen LogP contribution in [0, 0.1) is 0 Å². The van der Waals surface area contributed by atoms with E-state index >= 15 is 0 Å². The first-order valence-corrected chi connectivity index (χ1v) is 9.75. The van der Waals surface area contributed by atoms with Crippen molar-refractivity contribution in [2.24, 2.45) is 0 Å². The van der Waals surface area contributed by atoms with Crippen molar-refractivity contribution in [1.82, 2.24) is 4.98 Å². The molecule has 1 aromatic heterocycles. The van der Waals surface area contributed by atoms with E-state index in [0.29, 0.717) is 40.6 Å². The van der Waals surface area contributed by atoms with Gasteiger partial charge in [0.15, 0.2) is 0 Å². The Morgan fingerprint density at radius 2 is 2.04 bits per heavy atom. The predicted molar refractivity (Wildman–Crippen MR) is 91.4 cm³/mol. The number of nitrogens with zero attached hydrogens (tertiary/aromatic N) is 1. The van der Waals surface area contributed by atoms with Gasteiger partial charge in [0, 0.05) is 0 Å². The quantitative estimate of drug-likeness (QED) is 0.746. The Kier molecular flexibility index (Phi) is 5.87. The number of fused-ring (bicyclic) bond motifs is 1. The van der Waals surface area contributed by atoms with Crippen LogP contribution in [0.3, 0.4) is 0 Å². The summed E-state index contributed by atoms with van der Waals surface area (Å²) in [6.07, 6.45) is 1.55. The van der Waals surface area contributed by atoms with E-state index in [1.54, 1.807) is 6.20 Å². The van der Waals surface area contributed by atoms with Crippen LogP contribution in [0.2, 0.25) is 4.82 Å². The second kappa shape index (κ2) is 8.10. The van der Waals surface area contributed by atoms with Gasteiger partial charge in [-0.05, 0) is 0 Å². The molecule has 1 aliphatic heterocycles. The molecule has 0 bridgehead atoms. The van der Waals surface area contributed by atoms with Crippen molar-refractivity contribution in [2.75, 3.05) is 6.61 Å². The number of pyridine rings is 1. The molecule has 2 atom stereocenters. The molecule has 0 fully saturated rings. The standard InChI is InChI=1S/C18H21NO4Se/c1-12(24-14-5-3-2-4-6-14)17-11-23-18-15(9-21)13(8-20)7-19-16(18)10-22-17/h2-7,12,17,20-21H,8-11H2,1H3. The number of aliphatic hydroxyl groups is 2. The van der Waals surface area contributed by atoms with E-state index in [-0.39, 0.29) is 34.3 Å². The molecule has 0 amide bonds. The fourth-order valence-corrected chi connectivity index (χ4v) is 4.86. The van der Waals surface area contributed by atoms with E-state index in [9.17, 15) is 10.2 Å². The monoisotopic (exact) mass is 395 g/mol. The van der Waals surface area contributed by atoms with Gasteiger partial charge in [0.25, 0.3) is 0 Å². The molecular weight excluding hydrogens is 373 g/mol. The molecule has 1 aromatic carbocycles. The molecule has 2 heterocycles. The molecule has 2 aromatic rings. The SMILES string of the molecule is CC([Se]c1ccccc1)C1COc2c(ncc(CO)c2CO)CO1. The Bertz CT molecular complexity index is 680. The van der Waals surface area contributed by atoms with Crippen molar-refractivity contribution in [3.63, 3.8) is 0 Å². The van der Waals surface area contributed by atoms with Crippen LogP contribution in [0.1, 0.15) is 23.7 Å². The summed E-state index contributed by atoms with van der Waals surface area (Å²) in [6.45, 7) is 2.60. The molecule has 0 saturated heterocycles. The maximum atomic E-state index is 9.61. The van der Waals surface area contributed by atoms with E-state index in [1.165, 1.54) is 4.46 Å². The van der Waals surface area contributed by atoms with Crippen molar-refractivity contribution in [3.8, 4) is 5.75 Å². The zero-order valence-corrected chi connectivity index (χ0v) is 15.2. The van der Waals surface area contributed by atoms with Gasteiger partial charge in [-0.25, -0.2) is 0 Å². The molecule has 24 heavy (non-hydrogen) atoms. The zero-order chi connectivity index (χ0) is 16.9. The number of hydrogen-bond acceptors (Lipinski definition) is 5. The van der Waals surface area contributed by atoms with E-state index in [4.69, 9.17) is 9.47 Å². The third-order valence-corrected chi connectivity index (χ3v) is 6.60. The van der Waals surface area contributed by atoms with Crippen LogP contribution in [0.15, 0.2) is 36.5 Å². The van der Waals surface area contributed by atoms with Gasteiger partial charge in [-0.2, -0.15) is 0 Å². The van der Waals surface area contributed by atoms with Crippen LogP contribution < -0.4 is 9.20 Å². The summed E-state index contributed by atoms with van der Waals surface area (Å²) in [5.74, 6) is 0.561. The first-order valence-electron chi connectivity index (χ1n) is 7.90. The molecule has 5 nitrogen and oxygen atoms in total. The molecular formula is C18H21NO4Se. The first-order chi connectivity index (χ1) is 11.7. The summed E-state index contributed by atoms with van der Waals surface area (Å²) in [5, 5.41) is 19.0. The molecule has 2 N–H and O–H groups in total. The van der Waals surface area contributed by atoms with E-state index in [1.807, 2.05) is 6.07 Å². The van der Waals surface area contributed by atoms with Gasteiger partial charge >= 0.3 is 147 Å². The summed E-state index contributed by atoms with van der Waals surface area (Å²) >= 11 is 0.287. The van der Waals surface area contributed by atoms with E-state index in [2.05, 4.69) is 36.2 Å². The molecule has 0 radical (unpaired) electrons. The third-order valence-electron chi connectivity index (χ3n) is 4.04. The number of hydrogen-bond donors (Lipinski definition) is 2. The summed E-state index contributed by atoms with van der Waals surface area (Å²) in [7, 11) is 0. The summed E-state index contributed by atoms with van der Waals surface area (Å²) in [4.78, 5) is 4.67. The van der Waals surface area contributed by atoms with Gasteiger partial charge in [-0.3, -0.25) is 0 Å². The predicted octanol–water partition coefficient (Wildman–Crippen LogP) is 1.18. The summed E-state index contributed by atoms with van der Waals surface area (Å²) in [6, 6.07) is 10.4. The van der Waals surface area contributed by atoms with Crippen LogP contribution in [0.5, 0.6) is 5.75 Å². The van der Waals surface area contributed by atoms with Crippen molar-refractivity contribution in [3.05, 3.63) is 53.3 Å². The van der Waals surface area contributed by atoms with Crippen molar-refractivity contribution < 1.29 is 19.7 Å². The first kappa shape index (κ1) is 17.4. The fourth-order valence-electron chi connectivity index (χ4n) is 2.66. The maximum absolute atomic E-state index is 9.61. The Balaban J connectivity index is 1.73. The number of rotatable bonds is 5. The molecule has 0 saturated carbocycles. The van der Waals surface area contributed by atoms with Crippen LogP contribution in [0.25, 0.3) is 0 Å². The van der Waals surface area contributed by atoms with Gasteiger partial charge < -0.3 is 0 Å². The Labute approximate surface area is 147 Å². The van der Waals surface area contributed by atoms with Gasteiger partial charge in [0.05, 0.1) is 0 Å². The average molecular weight is 394 g/mol. The van der Waals surface area contributed by atoms with Crippen LogP contribution in [0.4, 0.5) is 0 Å². The van der Waals surface area contributed by atoms with Crippen molar-refractivity contribution in [1.29, 1.82) is 0 Å². The van der Waals surface area contributed by atoms with Gasteiger partial charge in [0.1, 0.15) is 0 Å².